The van der Waals surface area contributed by atoms with Gasteiger partial charge in [0.25, 0.3) is 0 Å². The number of amides is 2. The lowest BCUT2D eigenvalue weighted by molar-refractivity contribution is -0.137. The van der Waals surface area contributed by atoms with Crippen molar-refractivity contribution in [2.24, 2.45) is 5.73 Å². The number of halogens is 1. The Morgan fingerprint density at radius 1 is 1.33 bits per heavy atom. The summed E-state index contributed by atoms with van der Waals surface area (Å²) in [5.41, 5.74) is 5.69. The van der Waals surface area contributed by atoms with Crippen molar-refractivity contribution >= 4 is 29.2 Å². The number of anilines is 2. The summed E-state index contributed by atoms with van der Waals surface area (Å²) in [5, 5.41) is 13.2. The molecule has 0 aliphatic heterocycles. The van der Waals surface area contributed by atoms with Crippen molar-refractivity contribution in [2.75, 3.05) is 10.6 Å². The fourth-order valence-corrected chi connectivity index (χ4v) is 1.54. The van der Waals surface area contributed by atoms with Crippen LogP contribution in [0.1, 0.15) is 19.8 Å². The molecular formula is C13H16FN3O4. The van der Waals surface area contributed by atoms with Crippen LogP contribution in [0.2, 0.25) is 0 Å². The van der Waals surface area contributed by atoms with Crippen LogP contribution in [0.25, 0.3) is 0 Å². The molecule has 0 fully saturated rings. The maximum absolute atomic E-state index is 13.6. The molecule has 1 aromatic rings. The first kappa shape index (κ1) is 16.6. The van der Waals surface area contributed by atoms with Crippen molar-refractivity contribution in [1.82, 2.24) is 0 Å². The number of rotatable bonds is 6. The third-order valence-corrected chi connectivity index (χ3v) is 2.55. The second-order valence-electron chi connectivity index (χ2n) is 4.40. The normalized spacial score (nSPS) is 11.6. The second kappa shape index (κ2) is 7.34. The van der Waals surface area contributed by atoms with Crippen LogP contribution < -0.4 is 16.4 Å². The van der Waals surface area contributed by atoms with Gasteiger partial charge in [0.05, 0.1) is 11.7 Å². The number of carboxylic acid groups (broad SMARTS) is 1. The highest BCUT2D eigenvalue weighted by Crippen LogP contribution is 2.20. The van der Waals surface area contributed by atoms with Gasteiger partial charge >= 0.3 is 5.97 Å². The Labute approximate surface area is 120 Å². The van der Waals surface area contributed by atoms with Gasteiger partial charge in [0.1, 0.15) is 5.82 Å². The summed E-state index contributed by atoms with van der Waals surface area (Å²) in [6.45, 7) is 1.30. The van der Waals surface area contributed by atoms with E-state index in [-0.39, 0.29) is 24.4 Å². The highest BCUT2D eigenvalue weighted by Gasteiger charge is 2.16. The van der Waals surface area contributed by atoms with Gasteiger partial charge in [-0.3, -0.25) is 14.4 Å². The summed E-state index contributed by atoms with van der Waals surface area (Å²) in [6, 6.07) is 2.61. The first-order valence-corrected chi connectivity index (χ1v) is 6.15. The highest BCUT2D eigenvalue weighted by atomic mass is 19.1. The molecule has 0 spiro atoms. The van der Waals surface area contributed by atoms with E-state index in [9.17, 15) is 18.8 Å². The molecule has 0 saturated carbocycles. The minimum atomic E-state index is -1.07. The number of hydrogen-bond acceptors (Lipinski definition) is 4. The van der Waals surface area contributed by atoms with Crippen LogP contribution in [0.4, 0.5) is 15.8 Å². The van der Waals surface area contributed by atoms with Crippen molar-refractivity contribution in [2.45, 2.75) is 25.8 Å². The van der Waals surface area contributed by atoms with E-state index < -0.39 is 23.7 Å². The van der Waals surface area contributed by atoms with Crippen LogP contribution in [-0.2, 0) is 14.4 Å². The lowest BCUT2D eigenvalue weighted by Crippen LogP contribution is -2.36. The molecule has 0 aromatic heterocycles. The summed E-state index contributed by atoms with van der Waals surface area (Å²) < 4.78 is 13.6. The molecule has 2 amide bonds. The third kappa shape index (κ3) is 5.57. The number of carbonyl (C=O) groups is 3. The molecule has 21 heavy (non-hydrogen) atoms. The topological polar surface area (TPSA) is 122 Å². The Balaban J connectivity index is 2.74. The van der Waals surface area contributed by atoms with E-state index in [1.807, 2.05) is 0 Å². The molecule has 0 heterocycles. The number of carbonyl (C=O) groups excluding carboxylic acids is 2. The zero-order valence-corrected chi connectivity index (χ0v) is 11.4. The van der Waals surface area contributed by atoms with E-state index in [1.165, 1.54) is 19.1 Å². The fourth-order valence-electron chi connectivity index (χ4n) is 1.54. The molecule has 0 aliphatic rings. The average Bonchev–Trinajstić information content (AvgIpc) is 2.39. The van der Waals surface area contributed by atoms with Crippen LogP contribution >= 0.6 is 0 Å². The summed E-state index contributed by atoms with van der Waals surface area (Å²) >= 11 is 0. The van der Waals surface area contributed by atoms with E-state index in [0.717, 1.165) is 6.07 Å². The maximum Gasteiger partial charge on any atom is 0.303 e. The fraction of sp³-hybridized carbons (Fsp3) is 0.308. The largest absolute Gasteiger partial charge is 0.481 e. The summed E-state index contributed by atoms with van der Waals surface area (Å²) in [7, 11) is 0. The molecule has 5 N–H and O–H groups in total. The highest BCUT2D eigenvalue weighted by molar-refractivity contribution is 5.96. The van der Waals surface area contributed by atoms with E-state index >= 15 is 0 Å². The minimum absolute atomic E-state index is 0.0613. The smallest absolute Gasteiger partial charge is 0.303 e. The quantitative estimate of drug-likeness (QED) is 0.622. The molecule has 1 aromatic carbocycles. The van der Waals surface area contributed by atoms with Crippen LogP contribution in [0.5, 0.6) is 0 Å². The van der Waals surface area contributed by atoms with Gasteiger partial charge in [-0.15, -0.1) is 0 Å². The van der Waals surface area contributed by atoms with Gasteiger partial charge in [-0.2, -0.15) is 0 Å². The zero-order valence-electron chi connectivity index (χ0n) is 11.4. The van der Waals surface area contributed by atoms with Crippen molar-refractivity contribution in [3.05, 3.63) is 24.0 Å². The third-order valence-electron chi connectivity index (χ3n) is 2.55. The Kier molecular flexibility index (Phi) is 5.79. The molecular weight excluding hydrogens is 281 g/mol. The van der Waals surface area contributed by atoms with Gasteiger partial charge in [-0.05, 0) is 24.6 Å². The van der Waals surface area contributed by atoms with E-state index in [0.29, 0.717) is 5.69 Å². The Hall–Kier alpha value is -2.48. The van der Waals surface area contributed by atoms with Crippen LogP contribution in [0.15, 0.2) is 18.2 Å². The maximum atomic E-state index is 13.6. The summed E-state index contributed by atoms with van der Waals surface area (Å²) in [5.74, 6) is -2.80. The lowest BCUT2D eigenvalue weighted by Gasteiger charge is -2.13. The first-order chi connectivity index (χ1) is 9.79. The van der Waals surface area contributed by atoms with Gasteiger partial charge < -0.3 is 21.5 Å². The summed E-state index contributed by atoms with van der Waals surface area (Å²) in [4.78, 5) is 33.0. The van der Waals surface area contributed by atoms with Gasteiger partial charge in [-0.1, -0.05) is 0 Å². The monoisotopic (exact) mass is 297 g/mol. The number of aliphatic carboxylic acids is 1. The molecule has 8 heteroatoms. The second-order valence-corrected chi connectivity index (χ2v) is 4.40. The average molecular weight is 297 g/mol. The molecule has 0 aliphatic carbocycles. The molecule has 0 bridgehead atoms. The van der Waals surface area contributed by atoms with Gasteiger partial charge in [-0.25, -0.2) is 4.39 Å². The van der Waals surface area contributed by atoms with Crippen molar-refractivity contribution in [3.8, 4) is 0 Å². The molecule has 114 valence electrons. The number of nitrogens with one attached hydrogen (secondary N) is 2. The van der Waals surface area contributed by atoms with E-state index in [2.05, 4.69) is 10.6 Å². The molecule has 0 saturated heterocycles. The predicted octanol–water partition coefficient (Wildman–Crippen LogP) is 0.915. The predicted molar refractivity (Wildman–Crippen MR) is 74.2 cm³/mol. The number of carboxylic acids is 1. The first-order valence-electron chi connectivity index (χ1n) is 6.15. The minimum Gasteiger partial charge on any atom is -0.481 e. The van der Waals surface area contributed by atoms with Gasteiger partial charge in [0, 0.05) is 19.0 Å². The zero-order chi connectivity index (χ0) is 16.0. The number of benzene rings is 1. The Morgan fingerprint density at radius 3 is 2.57 bits per heavy atom. The van der Waals surface area contributed by atoms with Crippen LogP contribution in [0.3, 0.4) is 0 Å². The Bertz CT molecular complexity index is 562. The number of hydrogen-bond donors (Lipinski definition) is 4. The van der Waals surface area contributed by atoms with Gasteiger partial charge in [0.15, 0.2) is 0 Å². The summed E-state index contributed by atoms with van der Waals surface area (Å²) in [6.07, 6.45) is -0.322. The lowest BCUT2D eigenvalue weighted by atomic mass is 10.1. The standard InChI is InChI=1S/C13H16FN3O4/c1-7(18)16-8-2-3-9(14)11(6-8)17-13(21)10(15)4-5-12(19)20/h2-3,6,10H,4-5,15H2,1H3,(H,16,18)(H,17,21)(H,19,20). The molecule has 1 rings (SSSR count). The Morgan fingerprint density at radius 2 is 2.00 bits per heavy atom. The van der Waals surface area contributed by atoms with Crippen molar-refractivity contribution < 1.29 is 23.9 Å². The van der Waals surface area contributed by atoms with Crippen LogP contribution in [-0.4, -0.2) is 28.9 Å². The van der Waals surface area contributed by atoms with Crippen molar-refractivity contribution in [1.29, 1.82) is 0 Å². The molecule has 7 nitrogen and oxygen atoms in total. The van der Waals surface area contributed by atoms with E-state index in [4.69, 9.17) is 10.8 Å². The number of nitrogens with two attached hydrogens (primary N) is 1. The molecule has 1 atom stereocenters. The van der Waals surface area contributed by atoms with Crippen molar-refractivity contribution in [3.63, 3.8) is 0 Å². The van der Waals surface area contributed by atoms with Crippen LogP contribution in [0, 0.1) is 5.82 Å². The SMILES string of the molecule is CC(=O)Nc1ccc(F)c(NC(=O)C(N)CCC(=O)O)c1. The van der Waals surface area contributed by atoms with Gasteiger partial charge in [0.2, 0.25) is 11.8 Å². The van der Waals surface area contributed by atoms with E-state index in [1.54, 1.807) is 0 Å². The molecule has 1 unspecified atom stereocenters. The molecule has 0 radical (unpaired) electrons.